The molecule has 1 aromatic carbocycles. The Morgan fingerprint density at radius 1 is 1.25 bits per heavy atom. The van der Waals surface area contributed by atoms with Gasteiger partial charge in [0, 0.05) is 31.2 Å². The van der Waals surface area contributed by atoms with Crippen LogP contribution in [0.2, 0.25) is 0 Å². The molecule has 1 aliphatic heterocycles. The van der Waals surface area contributed by atoms with E-state index in [0.29, 0.717) is 12.1 Å². The minimum atomic E-state index is 0.204. The zero-order chi connectivity index (χ0) is 14.7. The van der Waals surface area contributed by atoms with Gasteiger partial charge in [-0.05, 0) is 26.3 Å². The maximum Gasteiger partial charge on any atom is 0.233 e. The lowest BCUT2D eigenvalue weighted by atomic mass is 9.99. The minimum Gasteiger partial charge on any atom is -0.408 e. The highest BCUT2D eigenvalue weighted by Gasteiger charge is 2.36. The van der Waals surface area contributed by atoms with E-state index in [2.05, 4.69) is 55.1 Å². The van der Waals surface area contributed by atoms with Crippen LogP contribution in [-0.2, 0) is 6.54 Å². The van der Waals surface area contributed by atoms with Gasteiger partial charge in [-0.25, -0.2) is 0 Å². The maximum absolute atomic E-state index is 8.89. The van der Waals surface area contributed by atoms with Crippen LogP contribution in [-0.4, -0.2) is 45.6 Å². The van der Waals surface area contributed by atoms with Gasteiger partial charge in [0.05, 0.1) is 0 Å². The second-order valence-corrected chi connectivity index (χ2v) is 5.60. The Morgan fingerprint density at radius 3 is 2.50 bits per heavy atom. The molecule has 1 heterocycles. The molecule has 1 saturated heterocycles. The number of hydrogen-bond acceptors (Lipinski definition) is 3. The van der Waals surface area contributed by atoms with Crippen molar-refractivity contribution in [1.29, 1.82) is 0 Å². The van der Waals surface area contributed by atoms with Crippen molar-refractivity contribution in [3.63, 3.8) is 0 Å². The molecule has 20 heavy (non-hydrogen) atoms. The first-order valence-electron chi connectivity index (χ1n) is 7.08. The van der Waals surface area contributed by atoms with Crippen molar-refractivity contribution >= 4 is 5.96 Å². The van der Waals surface area contributed by atoms with Crippen LogP contribution in [0.1, 0.15) is 26.3 Å². The minimum absolute atomic E-state index is 0.204. The Morgan fingerprint density at radius 2 is 1.90 bits per heavy atom. The lowest BCUT2D eigenvalue weighted by Crippen LogP contribution is -2.63. The molecule has 0 spiro atoms. The van der Waals surface area contributed by atoms with Gasteiger partial charge in [-0.2, -0.15) is 0 Å². The topological polar surface area (TPSA) is 65.1 Å². The first-order chi connectivity index (χ1) is 9.54. The number of nitrogens with zero attached hydrogens (tertiary/aromatic N) is 3. The Balaban J connectivity index is 2.13. The first kappa shape index (κ1) is 14.7. The van der Waals surface area contributed by atoms with Crippen LogP contribution in [0.5, 0.6) is 0 Å². The van der Waals surface area contributed by atoms with E-state index in [4.69, 9.17) is 10.9 Å². The van der Waals surface area contributed by atoms with E-state index < -0.39 is 0 Å². The molecule has 0 saturated carbocycles. The highest BCUT2D eigenvalue weighted by Crippen LogP contribution is 2.23. The van der Waals surface area contributed by atoms with Gasteiger partial charge in [0.1, 0.15) is 0 Å². The standard InChI is InChI=1S/C15H24N4O/c1-11-9-19(15(16)17-20)13(3)12(2)18(11)10-14-7-5-4-6-8-14/h4-8,11-13,20H,9-10H2,1-3H3,(H2,16,17). The Bertz CT molecular complexity index is 462. The van der Waals surface area contributed by atoms with Crippen molar-refractivity contribution in [1.82, 2.24) is 9.80 Å². The highest BCUT2D eigenvalue weighted by molar-refractivity contribution is 5.78. The number of hydrogen-bond donors (Lipinski definition) is 2. The molecule has 3 atom stereocenters. The summed E-state index contributed by atoms with van der Waals surface area (Å²) in [7, 11) is 0. The number of piperazine rings is 1. The Kier molecular flexibility index (Phi) is 4.49. The molecule has 3 N–H and O–H groups in total. The van der Waals surface area contributed by atoms with Gasteiger partial charge >= 0.3 is 0 Å². The molecule has 110 valence electrons. The van der Waals surface area contributed by atoms with Crippen LogP contribution in [0, 0.1) is 0 Å². The van der Waals surface area contributed by atoms with Crippen LogP contribution in [0.4, 0.5) is 0 Å². The summed E-state index contributed by atoms with van der Waals surface area (Å²) in [6.45, 7) is 8.20. The van der Waals surface area contributed by atoms with Gasteiger partial charge in [-0.3, -0.25) is 4.90 Å². The summed E-state index contributed by atoms with van der Waals surface area (Å²) in [5, 5.41) is 12.0. The van der Waals surface area contributed by atoms with Gasteiger partial charge in [-0.1, -0.05) is 35.5 Å². The quantitative estimate of drug-likeness (QED) is 0.373. The molecule has 0 amide bonds. The molecule has 5 nitrogen and oxygen atoms in total. The molecule has 0 aliphatic carbocycles. The summed E-state index contributed by atoms with van der Waals surface area (Å²) in [6.07, 6.45) is 0. The molecule has 0 aromatic heterocycles. The predicted octanol–water partition coefficient (Wildman–Crippen LogP) is 1.67. The van der Waals surface area contributed by atoms with Crippen LogP contribution >= 0.6 is 0 Å². The normalized spacial score (nSPS) is 28.6. The summed E-state index contributed by atoms with van der Waals surface area (Å²) >= 11 is 0. The molecule has 1 fully saturated rings. The van der Waals surface area contributed by atoms with Crippen molar-refractivity contribution in [2.45, 2.75) is 45.4 Å². The molecule has 2 rings (SSSR count). The third-order valence-electron chi connectivity index (χ3n) is 4.34. The summed E-state index contributed by atoms with van der Waals surface area (Å²) in [5.74, 6) is 0.204. The lowest BCUT2D eigenvalue weighted by Gasteiger charge is -2.49. The first-order valence-corrected chi connectivity index (χ1v) is 7.08. The van der Waals surface area contributed by atoms with Gasteiger partial charge in [0.25, 0.3) is 0 Å². The van der Waals surface area contributed by atoms with Crippen LogP contribution in [0.3, 0.4) is 0 Å². The molecular weight excluding hydrogens is 252 g/mol. The molecule has 3 unspecified atom stereocenters. The van der Waals surface area contributed by atoms with E-state index in [0.717, 1.165) is 13.1 Å². The number of oxime groups is 1. The van der Waals surface area contributed by atoms with E-state index in [1.807, 2.05) is 11.0 Å². The zero-order valence-electron chi connectivity index (χ0n) is 12.4. The zero-order valence-corrected chi connectivity index (χ0v) is 12.4. The third kappa shape index (κ3) is 2.88. The highest BCUT2D eigenvalue weighted by atomic mass is 16.4. The van der Waals surface area contributed by atoms with E-state index in [1.165, 1.54) is 5.56 Å². The smallest absolute Gasteiger partial charge is 0.233 e. The van der Waals surface area contributed by atoms with Crippen LogP contribution in [0.25, 0.3) is 0 Å². The van der Waals surface area contributed by atoms with Crippen LogP contribution in [0.15, 0.2) is 35.5 Å². The van der Waals surface area contributed by atoms with E-state index in [-0.39, 0.29) is 12.0 Å². The van der Waals surface area contributed by atoms with E-state index in [1.54, 1.807) is 0 Å². The lowest BCUT2D eigenvalue weighted by molar-refractivity contribution is 0.0254. The number of benzene rings is 1. The summed E-state index contributed by atoms with van der Waals surface area (Å²) in [4.78, 5) is 4.44. The second-order valence-electron chi connectivity index (χ2n) is 5.60. The van der Waals surface area contributed by atoms with Gasteiger partial charge in [-0.15, -0.1) is 0 Å². The summed E-state index contributed by atoms with van der Waals surface area (Å²) in [6, 6.07) is 11.4. The third-order valence-corrected chi connectivity index (χ3v) is 4.34. The monoisotopic (exact) mass is 276 g/mol. The number of rotatable bonds is 2. The fourth-order valence-electron chi connectivity index (χ4n) is 2.95. The average molecular weight is 276 g/mol. The Labute approximate surface area is 120 Å². The molecule has 1 aliphatic rings. The molecule has 1 aromatic rings. The van der Waals surface area contributed by atoms with Crippen LogP contribution < -0.4 is 5.73 Å². The molecule has 5 heteroatoms. The van der Waals surface area contributed by atoms with Crippen molar-refractivity contribution in [3.05, 3.63) is 35.9 Å². The SMILES string of the molecule is CC1C(C)N(Cc2ccccc2)C(C)CN1/C(N)=N/O. The van der Waals surface area contributed by atoms with Gasteiger partial charge in [0.2, 0.25) is 5.96 Å². The fourth-order valence-corrected chi connectivity index (χ4v) is 2.95. The van der Waals surface area contributed by atoms with Crippen molar-refractivity contribution in [3.8, 4) is 0 Å². The molecule has 0 radical (unpaired) electrons. The maximum atomic E-state index is 8.89. The number of guanidine groups is 1. The largest absolute Gasteiger partial charge is 0.408 e. The van der Waals surface area contributed by atoms with E-state index in [9.17, 15) is 0 Å². The van der Waals surface area contributed by atoms with E-state index >= 15 is 0 Å². The summed E-state index contributed by atoms with van der Waals surface area (Å²) < 4.78 is 0. The van der Waals surface area contributed by atoms with Gasteiger partial charge < -0.3 is 15.8 Å². The van der Waals surface area contributed by atoms with Crippen molar-refractivity contribution in [2.75, 3.05) is 6.54 Å². The van der Waals surface area contributed by atoms with Crippen molar-refractivity contribution in [2.24, 2.45) is 10.9 Å². The fraction of sp³-hybridized carbons (Fsp3) is 0.533. The second kappa shape index (κ2) is 6.13. The Hall–Kier alpha value is -1.75. The molecule has 0 bridgehead atoms. The number of nitrogens with two attached hydrogens (primary N) is 1. The molecular formula is C15H24N4O. The summed E-state index contributed by atoms with van der Waals surface area (Å²) in [5.41, 5.74) is 7.08. The van der Waals surface area contributed by atoms with Gasteiger partial charge in [0.15, 0.2) is 0 Å². The van der Waals surface area contributed by atoms with Crippen molar-refractivity contribution < 1.29 is 5.21 Å². The predicted molar refractivity (Wildman–Crippen MR) is 80.5 cm³/mol. The average Bonchev–Trinajstić information content (AvgIpc) is 2.47.